The van der Waals surface area contributed by atoms with Gasteiger partial charge < -0.3 is 5.32 Å². The molecule has 1 aromatic heterocycles. The first-order valence-corrected chi connectivity index (χ1v) is 7.88. The topological polar surface area (TPSA) is 62.3 Å². The third kappa shape index (κ3) is 3.91. The predicted molar refractivity (Wildman–Crippen MR) is 77.6 cm³/mol. The zero-order chi connectivity index (χ0) is 14.6. The van der Waals surface area contributed by atoms with E-state index in [0.717, 1.165) is 0 Å². The van der Waals surface area contributed by atoms with Crippen LogP contribution in [0.4, 0.5) is 5.82 Å². The highest BCUT2D eigenvalue weighted by Crippen LogP contribution is 2.21. The minimum absolute atomic E-state index is 0.0707. The SMILES string of the molecule is CNc1cc(S(=O)(=O)N(CC(C)C)C(C)C)ccn1. The number of hydrogen-bond acceptors (Lipinski definition) is 4. The summed E-state index contributed by atoms with van der Waals surface area (Å²) >= 11 is 0. The molecule has 0 saturated carbocycles. The smallest absolute Gasteiger partial charge is 0.243 e. The van der Waals surface area contributed by atoms with E-state index in [1.807, 2.05) is 27.7 Å². The molecule has 1 aromatic rings. The third-order valence-corrected chi connectivity index (χ3v) is 4.75. The Bertz CT molecular complexity index is 512. The van der Waals surface area contributed by atoms with Crippen molar-refractivity contribution in [2.45, 2.75) is 38.6 Å². The van der Waals surface area contributed by atoms with Gasteiger partial charge in [-0.15, -0.1) is 0 Å². The molecular formula is C13H23N3O2S. The Morgan fingerprint density at radius 3 is 2.42 bits per heavy atom. The van der Waals surface area contributed by atoms with Crippen LogP contribution in [-0.2, 0) is 10.0 Å². The largest absolute Gasteiger partial charge is 0.373 e. The average molecular weight is 285 g/mol. The number of rotatable bonds is 6. The van der Waals surface area contributed by atoms with Gasteiger partial charge in [-0.25, -0.2) is 13.4 Å². The fourth-order valence-corrected chi connectivity index (χ4v) is 3.60. The molecule has 0 aliphatic carbocycles. The summed E-state index contributed by atoms with van der Waals surface area (Å²) in [6, 6.07) is 3.02. The number of aromatic nitrogens is 1. The van der Waals surface area contributed by atoms with Gasteiger partial charge >= 0.3 is 0 Å². The van der Waals surface area contributed by atoms with Crippen LogP contribution in [0.25, 0.3) is 0 Å². The Morgan fingerprint density at radius 2 is 1.95 bits per heavy atom. The summed E-state index contributed by atoms with van der Waals surface area (Å²) in [5.41, 5.74) is 0. The lowest BCUT2D eigenvalue weighted by molar-refractivity contribution is 0.319. The van der Waals surface area contributed by atoms with Gasteiger partial charge in [0, 0.05) is 31.9 Å². The van der Waals surface area contributed by atoms with E-state index in [0.29, 0.717) is 12.4 Å². The van der Waals surface area contributed by atoms with E-state index in [4.69, 9.17) is 0 Å². The molecule has 0 aliphatic heterocycles. The fourth-order valence-electron chi connectivity index (χ4n) is 1.79. The molecule has 108 valence electrons. The van der Waals surface area contributed by atoms with Crippen molar-refractivity contribution in [3.8, 4) is 0 Å². The van der Waals surface area contributed by atoms with Crippen LogP contribution < -0.4 is 5.32 Å². The van der Waals surface area contributed by atoms with E-state index in [9.17, 15) is 8.42 Å². The van der Waals surface area contributed by atoms with E-state index in [2.05, 4.69) is 10.3 Å². The van der Waals surface area contributed by atoms with Crippen LogP contribution in [0.3, 0.4) is 0 Å². The zero-order valence-electron chi connectivity index (χ0n) is 12.2. The molecular weight excluding hydrogens is 262 g/mol. The standard InChI is InChI=1S/C13H23N3O2S/c1-10(2)9-16(11(3)4)19(17,18)12-6-7-15-13(8-12)14-5/h6-8,10-11H,9H2,1-5H3,(H,14,15). The van der Waals surface area contributed by atoms with Gasteiger partial charge in [-0.3, -0.25) is 0 Å². The van der Waals surface area contributed by atoms with Crippen molar-refractivity contribution in [2.24, 2.45) is 5.92 Å². The highest BCUT2D eigenvalue weighted by molar-refractivity contribution is 7.89. The Balaban J connectivity index is 3.18. The average Bonchev–Trinajstić information content (AvgIpc) is 2.35. The fraction of sp³-hybridized carbons (Fsp3) is 0.615. The van der Waals surface area contributed by atoms with Gasteiger partial charge in [0.25, 0.3) is 0 Å². The van der Waals surface area contributed by atoms with Crippen LogP contribution in [0.15, 0.2) is 23.2 Å². The first-order chi connectivity index (χ1) is 8.78. The number of anilines is 1. The molecule has 1 heterocycles. The maximum Gasteiger partial charge on any atom is 0.243 e. The van der Waals surface area contributed by atoms with Crippen LogP contribution in [0.2, 0.25) is 0 Å². The number of hydrogen-bond donors (Lipinski definition) is 1. The maximum absolute atomic E-state index is 12.6. The lowest BCUT2D eigenvalue weighted by atomic mass is 10.2. The van der Waals surface area contributed by atoms with Gasteiger partial charge in [0.1, 0.15) is 5.82 Å². The number of pyridine rings is 1. The molecule has 1 rings (SSSR count). The quantitative estimate of drug-likeness (QED) is 0.870. The maximum atomic E-state index is 12.6. The van der Waals surface area contributed by atoms with Crippen molar-refractivity contribution in [2.75, 3.05) is 18.9 Å². The van der Waals surface area contributed by atoms with Gasteiger partial charge in [-0.05, 0) is 25.8 Å². The van der Waals surface area contributed by atoms with Crippen LogP contribution in [0, 0.1) is 5.92 Å². The minimum Gasteiger partial charge on any atom is -0.373 e. The molecule has 0 bridgehead atoms. The summed E-state index contributed by atoms with van der Waals surface area (Å²) in [5, 5.41) is 2.85. The molecule has 0 atom stereocenters. The van der Waals surface area contributed by atoms with Gasteiger partial charge in [0.15, 0.2) is 0 Å². The summed E-state index contributed by atoms with van der Waals surface area (Å²) in [4.78, 5) is 4.32. The summed E-state index contributed by atoms with van der Waals surface area (Å²) < 4.78 is 26.8. The minimum atomic E-state index is -3.47. The molecule has 1 N–H and O–H groups in total. The highest BCUT2D eigenvalue weighted by Gasteiger charge is 2.27. The van der Waals surface area contributed by atoms with Crippen LogP contribution in [-0.4, -0.2) is 37.3 Å². The molecule has 0 aliphatic rings. The molecule has 0 saturated heterocycles. The van der Waals surface area contributed by atoms with Gasteiger partial charge in [0.2, 0.25) is 10.0 Å². The first kappa shape index (κ1) is 15.9. The monoisotopic (exact) mass is 285 g/mol. The van der Waals surface area contributed by atoms with E-state index in [-0.39, 0.29) is 16.9 Å². The van der Waals surface area contributed by atoms with Crippen molar-refractivity contribution in [1.82, 2.24) is 9.29 Å². The summed E-state index contributed by atoms with van der Waals surface area (Å²) in [6.07, 6.45) is 1.51. The highest BCUT2D eigenvalue weighted by atomic mass is 32.2. The van der Waals surface area contributed by atoms with Crippen molar-refractivity contribution in [3.63, 3.8) is 0 Å². The van der Waals surface area contributed by atoms with E-state index >= 15 is 0 Å². The van der Waals surface area contributed by atoms with Gasteiger partial charge in [-0.1, -0.05) is 13.8 Å². The molecule has 0 aromatic carbocycles. The first-order valence-electron chi connectivity index (χ1n) is 6.44. The third-order valence-electron chi connectivity index (χ3n) is 2.72. The summed E-state index contributed by atoms with van der Waals surface area (Å²) in [5.74, 6) is 0.831. The van der Waals surface area contributed by atoms with Crippen LogP contribution in [0.5, 0.6) is 0 Å². The Labute approximate surface area is 116 Å². The van der Waals surface area contributed by atoms with Gasteiger partial charge in [0.05, 0.1) is 4.90 Å². The molecule has 0 spiro atoms. The Morgan fingerprint density at radius 1 is 1.32 bits per heavy atom. The molecule has 0 radical (unpaired) electrons. The van der Waals surface area contributed by atoms with Crippen LogP contribution in [0.1, 0.15) is 27.7 Å². The number of sulfonamides is 1. The number of nitrogens with zero attached hydrogens (tertiary/aromatic N) is 2. The zero-order valence-corrected chi connectivity index (χ0v) is 13.0. The Kier molecular flexibility index (Phi) is 5.31. The molecule has 0 amide bonds. The molecule has 5 nitrogen and oxygen atoms in total. The lowest BCUT2D eigenvalue weighted by Crippen LogP contribution is -2.39. The van der Waals surface area contributed by atoms with E-state index < -0.39 is 10.0 Å². The second kappa shape index (κ2) is 6.34. The number of nitrogens with one attached hydrogen (secondary N) is 1. The predicted octanol–water partition coefficient (Wildman–Crippen LogP) is 2.18. The van der Waals surface area contributed by atoms with Crippen molar-refractivity contribution in [1.29, 1.82) is 0 Å². The molecule has 6 heteroatoms. The van der Waals surface area contributed by atoms with Crippen molar-refractivity contribution in [3.05, 3.63) is 18.3 Å². The Hall–Kier alpha value is -1.14. The second-order valence-electron chi connectivity index (χ2n) is 5.19. The molecule has 0 fully saturated rings. The normalized spacial score (nSPS) is 12.4. The van der Waals surface area contributed by atoms with Crippen molar-refractivity contribution >= 4 is 15.8 Å². The van der Waals surface area contributed by atoms with Crippen molar-refractivity contribution < 1.29 is 8.42 Å². The summed E-state index contributed by atoms with van der Waals surface area (Å²) in [6.45, 7) is 8.31. The van der Waals surface area contributed by atoms with E-state index in [1.54, 1.807) is 13.1 Å². The van der Waals surface area contributed by atoms with Crippen LogP contribution >= 0.6 is 0 Å². The van der Waals surface area contributed by atoms with Gasteiger partial charge in [-0.2, -0.15) is 4.31 Å². The summed E-state index contributed by atoms with van der Waals surface area (Å²) in [7, 11) is -1.76. The second-order valence-corrected chi connectivity index (χ2v) is 7.08. The molecule has 0 unspecified atom stereocenters. The lowest BCUT2D eigenvalue weighted by Gasteiger charge is -2.27. The van der Waals surface area contributed by atoms with E-state index in [1.165, 1.54) is 16.6 Å². The molecule has 19 heavy (non-hydrogen) atoms.